The van der Waals surface area contributed by atoms with Gasteiger partial charge in [-0.2, -0.15) is 13.8 Å². The normalized spacial score (nSPS) is 17.3. The molecule has 1 aliphatic heterocycles. The highest BCUT2D eigenvalue weighted by Crippen LogP contribution is 2.28. The van der Waals surface area contributed by atoms with Crippen molar-refractivity contribution in [1.29, 1.82) is 0 Å². The molecule has 1 aromatic carbocycles. The first-order valence-electron chi connectivity index (χ1n) is 8.84. The van der Waals surface area contributed by atoms with Crippen LogP contribution in [0, 0.1) is 6.92 Å². The predicted molar refractivity (Wildman–Crippen MR) is 93.9 cm³/mol. The molecule has 1 aromatic heterocycles. The average Bonchev–Trinajstić information content (AvgIpc) is 3.09. The smallest absolute Gasteiger partial charge is 0.387 e. The van der Waals surface area contributed by atoms with E-state index < -0.39 is 6.61 Å². The van der Waals surface area contributed by atoms with E-state index in [1.165, 1.54) is 13.2 Å². The van der Waals surface area contributed by atoms with E-state index in [1.807, 2.05) is 6.92 Å². The molecule has 2 aromatic rings. The molecule has 2 heterocycles. The standard InChI is InChI=1S/C18H24F2N4O3/c1-12(17-21-13(2)22-27-17)24-8-6-23(7-9-24)11-14-4-5-15(25-3)10-16(14)26-18(19)20/h4-5,10,12,18H,6-9,11H2,1-3H3. The van der Waals surface area contributed by atoms with Crippen LogP contribution >= 0.6 is 0 Å². The molecule has 9 heteroatoms. The van der Waals surface area contributed by atoms with Crippen LogP contribution in [0.5, 0.6) is 11.5 Å². The number of halogens is 2. The number of aryl methyl sites for hydroxylation is 1. The minimum absolute atomic E-state index is 0.0482. The van der Waals surface area contributed by atoms with Gasteiger partial charge in [0.15, 0.2) is 5.82 Å². The second-order valence-electron chi connectivity index (χ2n) is 6.52. The van der Waals surface area contributed by atoms with Gasteiger partial charge in [-0.25, -0.2) is 0 Å². The number of ether oxygens (including phenoxy) is 2. The van der Waals surface area contributed by atoms with Crippen molar-refractivity contribution in [1.82, 2.24) is 19.9 Å². The predicted octanol–water partition coefficient (Wildman–Crippen LogP) is 2.87. The molecule has 148 valence electrons. The third-order valence-electron chi connectivity index (χ3n) is 4.74. The van der Waals surface area contributed by atoms with Gasteiger partial charge in [-0.1, -0.05) is 11.2 Å². The van der Waals surface area contributed by atoms with Crippen molar-refractivity contribution in [2.24, 2.45) is 0 Å². The summed E-state index contributed by atoms with van der Waals surface area (Å²) in [6.45, 7) is 4.76. The molecule has 3 rings (SSSR count). The van der Waals surface area contributed by atoms with E-state index in [-0.39, 0.29) is 11.8 Å². The van der Waals surface area contributed by atoms with E-state index in [2.05, 4.69) is 24.7 Å². The van der Waals surface area contributed by atoms with Crippen LogP contribution in [0.15, 0.2) is 22.7 Å². The molecule has 0 bridgehead atoms. The molecular formula is C18H24F2N4O3. The van der Waals surface area contributed by atoms with E-state index in [1.54, 1.807) is 19.1 Å². The summed E-state index contributed by atoms with van der Waals surface area (Å²) in [5.41, 5.74) is 0.713. The third-order valence-corrected chi connectivity index (χ3v) is 4.74. The average molecular weight is 382 g/mol. The van der Waals surface area contributed by atoms with Crippen molar-refractivity contribution in [3.63, 3.8) is 0 Å². The van der Waals surface area contributed by atoms with E-state index in [0.717, 1.165) is 26.2 Å². The summed E-state index contributed by atoms with van der Waals surface area (Å²) in [7, 11) is 1.49. The topological polar surface area (TPSA) is 63.9 Å². The van der Waals surface area contributed by atoms with E-state index in [9.17, 15) is 8.78 Å². The molecule has 0 radical (unpaired) electrons. The fraction of sp³-hybridized carbons (Fsp3) is 0.556. The van der Waals surface area contributed by atoms with Crippen LogP contribution in [-0.4, -0.2) is 59.8 Å². The first-order valence-corrected chi connectivity index (χ1v) is 8.84. The molecular weight excluding hydrogens is 358 g/mol. The Morgan fingerprint density at radius 1 is 1.22 bits per heavy atom. The largest absolute Gasteiger partial charge is 0.497 e. The van der Waals surface area contributed by atoms with Gasteiger partial charge in [0, 0.05) is 44.4 Å². The highest BCUT2D eigenvalue weighted by molar-refractivity contribution is 5.40. The molecule has 0 aliphatic carbocycles. The Bertz CT molecular complexity index is 748. The maximum Gasteiger partial charge on any atom is 0.387 e. The molecule has 1 unspecified atom stereocenters. The summed E-state index contributed by atoms with van der Waals surface area (Å²) in [5.74, 6) is 1.88. The Morgan fingerprint density at radius 2 is 1.96 bits per heavy atom. The first kappa shape index (κ1) is 19.5. The molecule has 1 fully saturated rings. The van der Waals surface area contributed by atoms with Gasteiger partial charge in [-0.15, -0.1) is 0 Å². The lowest BCUT2D eigenvalue weighted by Gasteiger charge is -2.37. The molecule has 0 amide bonds. The van der Waals surface area contributed by atoms with E-state index >= 15 is 0 Å². The van der Waals surface area contributed by atoms with Crippen molar-refractivity contribution < 1.29 is 22.8 Å². The zero-order valence-corrected chi connectivity index (χ0v) is 15.7. The summed E-state index contributed by atoms with van der Waals surface area (Å²) in [6.07, 6.45) is 0. The number of nitrogens with zero attached hydrogens (tertiary/aromatic N) is 4. The quantitative estimate of drug-likeness (QED) is 0.730. The third kappa shape index (κ3) is 4.92. The minimum atomic E-state index is -2.87. The number of rotatable bonds is 7. The summed E-state index contributed by atoms with van der Waals surface area (Å²) in [6, 6.07) is 5.07. The van der Waals surface area contributed by atoms with Crippen molar-refractivity contribution in [2.75, 3.05) is 33.3 Å². The number of methoxy groups -OCH3 is 1. The van der Waals surface area contributed by atoms with Crippen LogP contribution in [0.3, 0.4) is 0 Å². The maximum absolute atomic E-state index is 12.7. The molecule has 0 saturated carbocycles. The molecule has 7 nitrogen and oxygen atoms in total. The van der Waals surface area contributed by atoms with Gasteiger partial charge in [-0.05, 0) is 19.9 Å². The molecule has 1 atom stereocenters. The summed E-state index contributed by atoms with van der Waals surface area (Å²) in [5, 5.41) is 3.84. The van der Waals surface area contributed by atoms with Crippen molar-refractivity contribution in [2.45, 2.75) is 33.0 Å². The zero-order chi connectivity index (χ0) is 19.4. The van der Waals surface area contributed by atoms with E-state index in [4.69, 9.17) is 9.26 Å². The Labute approximate surface area is 156 Å². The van der Waals surface area contributed by atoms with Crippen molar-refractivity contribution >= 4 is 0 Å². The van der Waals surface area contributed by atoms with Gasteiger partial charge in [0.05, 0.1) is 13.2 Å². The van der Waals surface area contributed by atoms with Crippen LogP contribution in [0.4, 0.5) is 8.78 Å². The second-order valence-corrected chi connectivity index (χ2v) is 6.52. The molecule has 0 N–H and O–H groups in total. The monoisotopic (exact) mass is 382 g/mol. The number of hydrogen-bond donors (Lipinski definition) is 0. The SMILES string of the molecule is COc1ccc(CN2CCN(C(C)c3nc(C)no3)CC2)c(OC(F)F)c1. The van der Waals surface area contributed by atoms with Gasteiger partial charge < -0.3 is 14.0 Å². The Hall–Kier alpha value is -2.26. The van der Waals surface area contributed by atoms with Crippen LogP contribution in [0.2, 0.25) is 0 Å². The van der Waals surface area contributed by atoms with Gasteiger partial charge in [0.2, 0.25) is 5.89 Å². The fourth-order valence-corrected chi connectivity index (χ4v) is 3.19. The second kappa shape index (κ2) is 8.62. The van der Waals surface area contributed by atoms with Gasteiger partial charge in [0.1, 0.15) is 11.5 Å². The van der Waals surface area contributed by atoms with Crippen molar-refractivity contribution in [3.8, 4) is 11.5 Å². The summed E-state index contributed by atoms with van der Waals surface area (Å²) < 4.78 is 40.5. The van der Waals surface area contributed by atoms with Crippen LogP contribution in [0.25, 0.3) is 0 Å². The Kier molecular flexibility index (Phi) is 6.22. The number of aromatic nitrogens is 2. The number of alkyl halides is 2. The van der Waals surface area contributed by atoms with E-state index in [0.29, 0.717) is 29.6 Å². The first-order chi connectivity index (χ1) is 13.0. The Balaban J connectivity index is 1.60. The lowest BCUT2D eigenvalue weighted by atomic mass is 10.1. The summed E-state index contributed by atoms with van der Waals surface area (Å²) >= 11 is 0. The number of benzene rings is 1. The molecule has 0 spiro atoms. The van der Waals surface area contributed by atoms with Crippen LogP contribution < -0.4 is 9.47 Å². The van der Waals surface area contributed by atoms with Gasteiger partial charge in [-0.3, -0.25) is 9.80 Å². The minimum Gasteiger partial charge on any atom is -0.497 e. The van der Waals surface area contributed by atoms with Crippen LogP contribution in [-0.2, 0) is 6.54 Å². The fourth-order valence-electron chi connectivity index (χ4n) is 3.19. The lowest BCUT2D eigenvalue weighted by molar-refractivity contribution is -0.0510. The number of piperazine rings is 1. The summed E-state index contributed by atoms with van der Waals surface area (Å²) in [4.78, 5) is 8.78. The van der Waals surface area contributed by atoms with Gasteiger partial charge >= 0.3 is 6.61 Å². The molecule has 1 aliphatic rings. The molecule has 27 heavy (non-hydrogen) atoms. The molecule has 1 saturated heterocycles. The highest BCUT2D eigenvalue weighted by atomic mass is 19.3. The van der Waals surface area contributed by atoms with Crippen molar-refractivity contribution in [3.05, 3.63) is 35.5 Å². The lowest BCUT2D eigenvalue weighted by Crippen LogP contribution is -2.46. The highest BCUT2D eigenvalue weighted by Gasteiger charge is 2.26. The van der Waals surface area contributed by atoms with Crippen LogP contribution in [0.1, 0.15) is 30.2 Å². The maximum atomic E-state index is 12.7. The van der Waals surface area contributed by atoms with Gasteiger partial charge in [0.25, 0.3) is 0 Å². The number of hydrogen-bond acceptors (Lipinski definition) is 7. The Morgan fingerprint density at radius 3 is 2.56 bits per heavy atom. The zero-order valence-electron chi connectivity index (χ0n) is 15.7.